The van der Waals surface area contributed by atoms with Gasteiger partial charge in [0.15, 0.2) is 0 Å². The van der Waals surface area contributed by atoms with Gasteiger partial charge in [-0.15, -0.1) is 0 Å². The maximum absolute atomic E-state index is 12.2. The molecule has 7 heteroatoms. The average Bonchev–Trinajstić information content (AvgIpc) is 2.91. The van der Waals surface area contributed by atoms with Crippen molar-refractivity contribution in [2.24, 2.45) is 0 Å². The van der Waals surface area contributed by atoms with E-state index < -0.39 is 24.4 Å². The summed E-state index contributed by atoms with van der Waals surface area (Å²) in [6, 6.07) is 13.5. The van der Waals surface area contributed by atoms with E-state index in [0.717, 1.165) is 22.3 Å². The summed E-state index contributed by atoms with van der Waals surface area (Å²) < 4.78 is 17.7. The van der Waals surface area contributed by atoms with E-state index in [1.807, 2.05) is 83.2 Å². The summed E-state index contributed by atoms with van der Waals surface area (Å²) >= 11 is 0. The highest BCUT2D eigenvalue weighted by atomic mass is 16.7. The molecule has 0 aliphatic carbocycles. The Morgan fingerprint density at radius 1 is 1.13 bits per heavy atom. The summed E-state index contributed by atoms with van der Waals surface area (Å²) in [5.41, 5.74) is 2.61. The van der Waals surface area contributed by atoms with Gasteiger partial charge in [-0.2, -0.15) is 0 Å². The maximum Gasteiger partial charge on any atom is 0.492 e. The number of hydrogen-bond donors (Lipinski definition) is 1. The quantitative estimate of drug-likeness (QED) is 0.721. The van der Waals surface area contributed by atoms with E-state index in [4.69, 9.17) is 14.0 Å². The number of benzene rings is 1. The molecule has 1 N–H and O–H groups in total. The molecular formula is C23H29BN2O4. The fourth-order valence-electron chi connectivity index (χ4n) is 2.97. The van der Waals surface area contributed by atoms with E-state index in [-0.39, 0.29) is 13.2 Å². The number of hydrogen-bond acceptors (Lipinski definition) is 5. The summed E-state index contributed by atoms with van der Waals surface area (Å²) in [7, 11) is -0.591. The molecule has 1 aliphatic heterocycles. The Hall–Kier alpha value is -2.64. The van der Waals surface area contributed by atoms with Gasteiger partial charge in [-0.05, 0) is 69.4 Å². The maximum atomic E-state index is 12.2. The molecule has 2 heterocycles. The van der Waals surface area contributed by atoms with E-state index in [9.17, 15) is 4.79 Å². The number of rotatable bonds is 6. The predicted octanol–water partition coefficient (Wildman–Crippen LogP) is 4.33. The molecule has 1 aromatic heterocycles. The van der Waals surface area contributed by atoms with Crippen LogP contribution in [0.1, 0.15) is 44.5 Å². The number of aromatic nitrogens is 1. The molecule has 158 valence electrons. The zero-order chi connectivity index (χ0) is 21.8. The molecule has 2 aromatic rings. The number of nitrogens with zero attached hydrogens (tertiary/aromatic N) is 1. The monoisotopic (exact) mass is 408 g/mol. The first-order chi connectivity index (χ1) is 14.2. The van der Waals surface area contributed by atoms with Crippen molar-refractivity contribution in [3.8, 4) is 0 Å². The molecule has 1 aliphatic rings. The van der Waals surface area contributed by atoms with Crippen LogP contribution < -0.4 is 5.32 Å². The molecule has 0 unspecified atom stereocenters. The fraction of sp³-hybridized carbons (Fsp3) is 0.391. The second-order valence-corrected chi connectivity index (χ2v) is 8.48. The van der Waals surface area contributed by atoms with E-state index in [1.165, 1.54) is 0 Å². The Balaban J connectivity index is 1.71. The number of amides is 1. The lowest BCUT2D eigenvalue weighted by Gasteiger charge is -2.32. The van der Waals surface area contributed by atoms with Crippen molar-refractivity contribution in [2.75, 3.05) is 6.54 Å². The SMILES string of the molecule is Cc1ccnc(C=C(CNC(=O)OCc2ccccc2)B2OC(C)(C)C(C)(C)O2)c1. The number of carbonyl (C=O) groups is 1. The molecule has 0 atom stereocenters. The molecule has 30 heavy (non-hydrogen) atoms. The van der Waals surface area contributed by atoms with Crippen LogP contribution in [0.25, 0.3) is 6.08 Å². The fourth-order valence-corrected chi connectivity index (χ4v) is 2.97. The van der Waals surface area contributed by atoms with Crippen LogP contribution in [0, 0.1) is 6.92 Å². The Labute approximate surface area is 178 Å². The minimum atomic E-state index is -0.591. The van der Waals surface area contributed by atoms with Crippen molar-refractivity contribution in [3.05, 3.63) is 71.0 Å². The van der Waals surface area contributed by atoms with Crippen LogP contribution in [0.5, 0.6) is 0 Å². The van der Waals surface area contributed by atoms with Crippen molar-refractivity contribution in [3.63, 3.8) is 0 Å². The Morgan fingerprint density at radius 2 is 1.80 bits per heavy atom. The van der Waals surface area contributed by atoms with Crippen LogP contribution in [0.3, 0.4) is 0 Å². The van der Waals surface area contributed by atoms with Crippen LogP contribution in [0.2, 0.25) is 0 Å². The predicted molar refractivity (Wildman–Crippen MR) is 118 cm³/mol. The van der Waals surface area contributed by atoms with Gasteiger partial charge in [-0.25, -0.2) is 4.79 Å². The topological polar surface area (TPSA) is 69.7 Å². The molecule has 1 fully saturated rings. The normalized spacial score (nSPS) is 17.6. The zero-order valence-corrected chi connectivity index (χ0v) is 18.3. The first-order valence-electron chi connectivity index (χ1n) is 10.1. The largest absolute Gasteiger partial charge is 0.492 e. The molecule has 1 amide bonds. The first kappa shape index (κ1) is 22.1. The van der Waals surface area contributed by atoms with Gasteiger partial charge in [-0.1, -0.05) is 30.3 Å². The average molecular weight is 408 g/mol. The Kier molecular flexibility index (Phi) is 6.63. The molecule has 1 aromatic carbocycles. The van der Waals surface area contributed by atoms with Gasteiger partial charge in [0, 0.05) is 12.7 Å². The van der Waals surface area contributed by atoms with E-state index in [0.29, 0.717) is 0 Å². The van der Waals surface area contributed by atoms with Gasteiger partial charge in [-0.3, -0.25) is 4.98 Å². The molecule has 6 nitrogen and oxygen atoms in total. The van der Waals surface area contributed by atoms with Crippen molar-refractivity contribution in [1.82, 2.24) is 10.3 Å². The van der Waals surface area contributed by atoms with Crippen molar-refractivity contribution in [1.29, 1.82) is 0 Å². The molecule has 0 radical (unpaired) electrons. The summed E-state index contributed by atoms with van der Waals surface area (Å²) in [4.78, 5) is 16.6. The van der Waals surface area contributed by atoms with Crippen molar-refractivity contribution in [2.45, 2.75) is 52.4 Å². The first-order valence-corrected chi connectivity index (χ1v) is 10.1. The van der Waals surface area contributed by atoms with Gasteiger partial charge < -0.3 is 19.4 Å². The van der Waals surface area contributed by atoms with Crippen LogP contribution in [-0.2, 0) is 20.7 Å². The van der Waals surface area contributed by atoms with Crippen molar-refractivity contribution >= 4 is 19.3 Å². The van der Waals surface area contributed by atoms with Gasteiger partial charge in [0.25, 0.3) is 0 Å². The lowest BCUT2D eigenvalue weighted by molar-refractivity contribution is 0.00578. The highest BCUT2D eigenvalue weighted by molar-refractivity contribution is 6.56. The molecule has 3 rings (SSSR count). The van der Waals surface area contributed by atoms with Crippen LogP contribution in [-0.4, -0.2) is 35.9 Å². The summed E-state index contributed by atoms with van der Waals surface area (Å²) in [5.74, 6) is 0. The molecule has 0 bridgehead atoms. The number of ether oxygens (including phenoxy) is 1. The van der Waals surface area contributed by atoms with Gasteiger partial charge in [0.05, 0.1) is 16.9 Å². The number of alkyl carbamates (subject to hydrolysis) is 1. The third kappa shape index (κ3) is 5.49. The minimum Gasteiger partial charge on any atom is -0.445 e. The highest BCUT2D eigenvalue weighted by Gasteiger charge is 2.52. The summed E-state index contributed by atoms with van der Waals surface area (Å²) in [6.07, 6.45) is 3.15. The summed E-state index contributed by atoms with van der Waals surface area (Å²) in [5, 5.41) is 2.80. The van der Waals surface area contributed by atoms with Crippen LogP contribution in [0.15, 0.2) is 54.1 Å². The zero-order valence-electron chi connectivity index (χ0n) is 18.3. The molecule has 0 spiro atoms. The van der Waals surface area contributed by atoms with E-state index >= 15 is 0 Å². The third-order valence-corrected chi connectivity index (χ3v) is 5.48. The highest BCUT2D eigenvalue weighted by Crippen LogP contribution is 2.38. The third-order valence-electron chi connectivity index (χ3n) is 5.48. The molecular weight excluding hydrogens is 379 g/mol. The standard InChI is InChI=1S/C23H29BN2O4/c1-17-11-12-25-20(13-17)14-19(24-29-22(2,3)23(4,5)30-24)15-26-21(27)28-16-18-9-7-6-8-10-18/h6-14H,15-16H2,1-5H3,(H,26,27). The second kappa shape index (κ2) is 9.02. The lowest BCUT2D eigenvalue weighted by atomic mass is 9.77. The Bertz CT molecular complexity index is 896. The van der Waals surface area contributed by atoms with Gasteiger partial charge in [0.2, 0.25) is 0 Å². The minimum absolute atomic E-state index is 0.210. The van der Waals surface area contributed by atoms with E-state index in [2.05, 4.69) is 10.3 Å². The van der Waals surface area contributed by atoms with E-state index in [1.54, 1.807) is 6.20 Å². The number of pyridine rings is 1. The smallest absolute Gasteiger partial charge is 0.445 e. The number of nitrogens with one attached hydrogen (secondary N) is 1. The number of aryl methyl sites for hydroxylation is 1. The number of carbonyl (C=O) groups excluding carboxylic acids is 1. The van der Waals surface area contributed by atoms with Gasteiger partial charge >= 0.3 is 13.2 Å². The molecule has 0 saturated carbocycles. The summed E-state index contributed by atoms with van der Waals surface area (Å²) in [6.45, 7) is 10.4. The molecule has 1 saturated heterocycles. The second-order valence-electron chi connectivity index (χ2n) is 8.48. The Morgan fingerprint density at radius 3 is 2.43 bits per heavy atom. The van der Waals surface area contributed by atoms with Crippen LogP contribution in [0.4, 0.5) is 4.79 Å². The van der Waals surface area contributed by atoms with Crippen molar-refractivity contribution < 1.29 is 18.8 Å². The van der Waals surface area contributed by atoms with Crippen LogP contribution >= 0.6 is 0 Å². The lowest BCUT2D eigenvalue weighted by Crippen LogP contribution is -2.41. The van der Waals surface area contributed by atoms with Gasteiger partial charge in [0.1, 0.15) is 6.61 Å².